The Morgan fingerprint density at radius 1 is 1.27 bits per heavy atom. The molecular weight excluding hydrogens is 357 g/mol. The van der Waals surface area contributed by atoms with Crippen LogP contribution in [0.1, 0.15) is 29.5 Å². The number of carbonyl (C=O) groups excluding carboxylic acids is 1. The van der Waals surface area contributed by atoms with Crippen LogP contribution < -0.4 is 5.56 Å². The normalized spacial score (nSPS) is 10.9. The summed E-state index contributed by atoms with van der Waals surface area (Å²) in [5.41, 5.74) is 0.423. The summed E-state index contributed by atoms with van der Waals surface area (Å²) in [6, 6.07) is 10.4. The molecular formula is C19H17ClFN3O2. The number of benzene rings is 2. The number of aromatic amines is 1. The average molecular weight is 374 g/mol. The van der Waals surface area contributed by atoms with Crippen molar-refractivity contribution in [3.63, 3.8) is 0 Å². The zero-order chi connectivity index (χ0) is 18.7. The fourth-order valence-corrected chi connectivity index (χ4v) is 2.91. The van der Waals surface area contributed by atoms with E-state index in [9.17, 15) is 14.0 Å². The van der Waals surface area contributed by atoms with E-state index in [2.05, 4.69) is 9.97 Å². The molecule has 5 nitrogen and oxygen atoms in total. The van der Waals surface area contributed by atoms with Crippen LogP contribution in [0.2, 0.25) is 5.02 Å². The standard InChI is InChI=1S/C19H17ClFN3O2/c1-2-8-24(19(26)12-4-3-5-14(21)9-12)11-17-22-16-10-13(20)6-7-15(16)18(25)23-17/h3-7,9-10H,2,8,11H2,1H3,(H,22,23,25). The maximum atomic E-state index is 13.4. The van der Waals surface area contributed by atoms with Gasteiger partial charge in [-0.25, -0.2) is 9.37 Å². The van der Waals surface area contributed by atoms with Gasteiger partial charge >= 0.3 is 0 Å². The van der Waals surface area contributed by atoms with Crippen LogP contribution in [0, 0.1) is 5.82 Å². The molecule has 1 N–H and O–H groups in total. The first-order valence-electron chi connectivity index (χ1n) is 8.21. The van der Waals surface area contributed by atoms with Gasteiger partial charge in [-0.3, -0.25) is 9.59 Å². The van der Waals surface area contributed by atoms with E-state index in [0.29, 0.717) is 34.7 Å². The Labute approximate surface area is 154 Å². The van der Waals surface area contributed by atoms with Crippen molar-refractivity contribution in [2.24, 2.45) is 0 Å². The first-order valence-corrected chi connectivity index (χ1v) is 8.59. The van der Waals surface area contributed by atoms with Crippen LogP contribution in [-0.2, 0) is 6.54 Å². The number of amides is 1. The second kappa shape index (κ2) is 7.66. The molecule has 0 unspecified atom stereocenters. The number of rotatable bonds is 5. The number of hydrogen-bond donors (Lipinski definition) is 1. The average Bonchev–Trinajstić information content (AvgIpc) is 2.60. The highest BCUT2D eigenvalue weighted by molar-refractivity contribution is 6.31. The van der Waals surface area contributed by atoms with Gasteiger partial charge < -0.3 is 9.88 Å². The quantitative estimate of drug-likeness (QED) is 0.740. The van der Waals surface area contributed by atoms with Crippen molar-refractivity contribution in [3.05, 3.63) is 75.0 Å². The van der Waals surface area contributed by atoms with Gasteiger partial charge in [-0.15, -0.1) is 0 Å². The summed E-state index contributed by atoms with van der Waals surface area (Å²) >= 11 is 5.97. The molecule has 1 aromatic heterocycles. The third-order valence-electron chi connectivity index (χ3n) is 3.91. The van der Waals surface area contributed by atoms with Crippen molar-refractivity contribution in [2.75, 3.05) is 6.54 Å². The van der Waals surface area contributed by atoms with Crippen LogP contribution in [0.15, 0.2) is 47.3 Å². The first-order chi connectivity index (χ1) is 12.5. The highest BCUT2D eigenvalue weighted by Crippen LogP contribution is 2.16. The molecule has 1 amide bonds. The second-order valence-electron chi connectivity index (χ2n) is 5.91. The van der Waals surface area contributed by atoms with Crippen molar-refractivity contribution in [1.29, 1.82) is 0 Å². The maximum absolute atomic E-state index is 13.4. The Morgan fingerprint density at radius 2 is 2.08 bits per heavy atom. The monoisotopic (exact) mass is 373 g/mol. The van der Waals surface area contributed by atoms with Gasteiger partial charge in [0.25, 0.3) is 11.5 Å². The molecule has 2 aromatic carbocycles. The zero-order valence-corrected chi connectivity index (χ0v) is 14.9. The molecule has 0 atom stereocenters. The van der Waals surface area contributed by atoms with E-state index in [1.54, 1.807) is 24.3 Å². The van der Waals surface area contributed by atoms with E-state index in [1.165, 1.54) is 23.1 Å². The minimum absolute atomic E-state index is 0.112. The van der Waals surface area contributed by atoms with Crippen LogP contribution in [0.5, 0.6) is 0 Å². The molecule has 0 aliphatic rings. The molecule has 3 rings (SSSR count). The van der Waals surface area contributed by atoms with Gasteiger partial charge in [0.1, 0.15) is 11.6 Å². The Bertz CT molecular complexity index is 1020. The molecule has 0 bridgehead atoms. The molecule has 0 spiro atoms. The molecule has 0 radical (unpaired) electrons. The summed E-state index contributed by atoms with van der Waals surface area (Å²) in [6.07, 6.45) is 0.713. The predicted octanol–water partition coefficient (Wildman–Crippen LogP) is 3.77. The van der Waals surface area contributed by atoms with Crippen LogP contribution in [0.4, 0.5) is 4.39 Å². The molecule has 0 aliphatic carbocycles. The lowest BCUT2D eigenvalue weighted by Crippen LogP contribution is -2.32. The highest BCUT2D eigenvalue weighted by atomic mass is 35.5. The number of H-pyrrole nitrogens is 1. The predicted molar refractivity (Wildman–Crippen MR) is 98.8 cm³/mol. The number of nitrogens with one attached hydrogen (secondary N) is 1. The number of fused-ring (bicyclic) bond motifs is 1. The molecule has 26 heavy (non-hydrogen) atoms. The van der Waals surface area contributed by atoms with Crippen LogP contribution in [0.3, 0.4) is 0 Å². The number of aromatic nitrogens is 2. The van der Waals surface area contributed by atoms with Gasteiger partial charge in [0.2, 0.25) is 0 Å². The lowest BCUT2D eigenvalue weighted by Gasteiger charge is -2.21. The molecule has 0 saturated heterocycles. The smallest absolute Gasteiger partial charge is 0.258 e. The summed E-state index contributed by atoms with van der Waals surface area (Å²) in [4.78, 5) is 33.6. The van der Waals surface area contributed by atoms with Gasteiger partial charge in [0.15, 0.2) is 0 Å². The molecule has 1 heterocycles. The summed E-state index contributed by atoms with van der Waals surface area (Å²) in [6.45, 7) is 2.50. The molecule has 0 saturated carbocycles. The summed E-state index contributed by atoms with van der Waals surface area (Å²) in [7, 11) is 0. The van der Waals surface area contributed by atoms with E-state index >= 15 is 0 Å². The molecule has 7 heteroatoms. The topological polar surface area (TPSA) is 66.1 Å². The lowest BCUT2D eigenvalue weighted by molar-refractivity contribution is 0.0738. The number of hydrogen-bond acceptors (Lipinski definition) is 3. The van der Waals surface area contributed by atoms with Crippen LogP contribution in [-0.4, -0.2) is 27.3 Å². The minimum atomic E-state index is -0.473. The zero-order valence-electron chi connectivity index (χ0n) is 14.1. The minimum Gasteiger partial charge on any atom is -0.331 e. The van der Waals surface area contributed by atoms with E-state index in [4.69, 9.17) is 11.6 Å². The largest absolute Gasteiger partial charge is 0.331 e. The van der Waals surface area contributed by atoms with Crippen LogP contribution in [0.25, 0.3) is 10.9 Å². The maximum Gasteiger partial charge on any atom is 0.258 e. The Balaban J connectivity index is 1.94. The fourth-order valence-electron chi connectivity index (χ4n) is 2.74. The van der Waals surface area contributed by atoms with Crippen molar-refractivity contribution in [1.82, 2.24) is 14.9 Å². The van der Waals surface area contributed by atoms with Crippen molar-refractivity contribution < 1.29 is 9.18 Å². The molecule has 134 valence electrons. The SMILES string of the molecule is CCCN(Cc1nc2cc(Cl)ccc2c(=O)[nH]1)C(=O)c1cccc(F)c1. The lowest BCUT2D eigenvalue weighted by atomic mass is 10.2. The van der Waals surface area contributed by atoms with Crippen molar-refractivity contribution in [3.8, 4) is 0 Å². The third-order valence-corrected chi connectivity index (χ3v) is 4.15. The van der Waals surface area contributed by atoms with Gasteiger partial charge in [0.05, 0.1) is 17.4 Å². The van der Waals surface area contributed by atoms with Gasteiger partial charge in [-0.05, 0) is 42.8 Å². The number of nitrogens with zero attached hydrogens (tertiary/aromatic N) is 2. The number of carbonyl (C=O) groups is 1. The first kappa shape index (κ1) is 18.1. The molecule has 0 aliphatic heterocycles. The van der Waals surface area contributed by atoms with E-state index in [1.807, 2.05) is 6.92 Å². The molecule has 3 aromatic rings. The van der Waals surface area contributed by atoms with Gasteiger partial charge in [-0.2, -0.15) is 0 Å². The van der Waals surface area contributed by atoms with Gasteiger partial charge in [-0.1, -0.05) is 24.6 Å². The Hall–Kier alpha value is -2.73. The molecule has 0 fully saturated rings. The summed E-state index contributed by atoms with van der Waals surface area (Å²) in [5, 5.41) is 0.902. The Kier molecular flexibility index (Phi) is 5.32. The summed E-state index contributed by atoms with van der Waals surface area (Å²) in [5.74, 6) is -0.442. The number of halogens is 2. The van der Waals surface area contributed by atoms with Gasteiger partial charge in [0, 0.05) is 17.1 Å². The van der Waals surface area contributed by atoms with E-state index in [-0.39, 0.29) is 23.6 Å². The Morgan fingerprint density at radius 3 is 2.81 bits per heavy atom. The second-order valence-corrected chi connectivity index (χ2v) is 6.35. The van der Waals surface area contributed by atoms with Crippen LogP contribution >= 0.6 is 11.6 Å². The third kappa shape index (κ3) is 3.91. The van der Waals surface area contributed by atoms with Crippen molar-refractivity contribution in [2.45, 2.75) is 19.9 Å². The summed E-state index contributed by atoms with van der Waals surface area (Å²) < 4.78 is 13.4. The fraction of sp³-hybridized carbons (Fsp3) is 0.211. The van der Waals surface area contributed by atoms with Crippen molar-refractivity contribution >= 4 is 28.4 Å². The van der Waals surface area contributed by atoms with E-state index < -0.39 is 5.82 Å². The highest BCUT2D eigenvalue weighted by Gasteiger charge is 2.17. The van der Waals surface area contributed by atoms with E-state index in [0.717, 1.165) is 0 Å².